The number of hydrogen-bond donors (Lipinski definition) is 0. The van der Waals surface area contributed by atoms with Gasteiger partial charge in [0.1, 0.15) is 18.3 Å². The van der Waals surface area contributed by atoms with Gasteiger partial charge in [0.2, 0.25) is 5.91 Å². The van der Waals surface area contributed by atoms with Crippen molar-refractivity contribution >= 4 is 51.0 Å². The third-order valence-corrected chi connectivity index (χ3v) is 10.2. The van der Waals surface area contributed by atoms with Gasteiger partial charge < -0.3 is 18.9 Å². The van der Waals surface area contributed by atoms with Crippen LogP contribution in [0.5, 0.6) is 5.75 Å². The van der Waals surface area contributed by atoms with E-state index in [1.54, 1.807) is 18.6 Å². The van der Waals surface area contributed by atoms with Gasteiger partial charge in [0.25, 0.3) is 5.56 Å². The maximum absolute atomic E-state index is 14.6. The average molecular weight is 663 g/mol. The van der Waals surface area contributed by atoms with Gasteiger partial charge in [-0.2, -0.15) is 0 Å². The van der Waals surface area contributed by atoms with Gasteiger partial charge >= 0.3 is 5.97 Å². The Balaban J connectivity index is 1.45. The van der Waals surface area contributed by atoms with E-state index in [1.165, 1.54) is 11.3 Å². The molecule has 2 aromatic heterocycles. The highest BCUT2D eigenvalue weighted by atomic mass is 32.1. The first-order valence-electron chi connectivity index (χ1n) is 16.6. The molecule has 1 saturated heterocycles. The molecule has 1 atom stereocenters. The van der Waals surface area contributed by atoms with Crippen molar-refractivity contribution < 1.29 is 19.1 Å². The number of allylic oxidation sites excluding steroid dienone is 1. The summed E-state index contributed by atoms with van der Waals surface area (Å²) in [6, 6.07) is 18.9. The van der Waals surface area contributed by atoms with Crippen molar-refractivity contribution in [1.29, 1.82) is 0 Å². The predicted molar refractivity (Wildman–Crippen MR) is 188 cm³/mol. The summed E-state index contributed by atoms with van der Waals surface area (Å²) in [7, 11) is 1.60. The fourth-order valence-electron chi connectivity index (χ4n) is 7.00. The standard InChI is InChI=1S/C38H38N4O5S/c1-4-12-28-34(37(45)47-5-2)35(33-27-15-7-6-13-24(27)17-18-30(33)46-3)42-36(44)31(48-38(42)39-28)21-25-22-41(29-16-9-8-14-26(25)29)23-32(43)40-19-10-11-20-40/h6-9,13-18,21-22,35H,4-5,10-12,19-20,23H2,1-3H3/b31-21+/t35-/m1/s1. The minimum absolute atomic E-state index is 0.0955. The third kappa shape index (κ3) is 5.53. The Labute approximate surface area is 282 Å². The van der Waals surface area contributed by atoms with E-state index in [1.807, 2.05) is 89.3 Å². The first-order valence-corrected chi connectivity index (χ1v) is 17.4. The molecule has 0 aliphatic carbocycles. The van der Waals surface area contributed by atoms with E-state index in [-0.39, 0.29) is 24.6 Å². The van der Waals surface area contributed by atoms with Crippen molar-refractivity contribution in [3.8, 4) is 5.75 Å². The number of carbonyl (C=O) groups is 2. The normalized spacial score (nSPS) is 16.4. The molecule has 246 valence electrons. The van der Waals surface area contributed by atoms with Gasteiger partial charge in [-0.15, -0.1) is 0 Å². The van der Waals surface area contributed by atoms with Crippen molar-refractivity contribution in [3.05, 3.63) is 109 Å². The van der Waals surface area contributed by atoms with E-state index in [0.29, 0.717) is 38.3 Å². The quantitative estimate of drug-likeness (QED) is 0.199. The molecular weight excluding hydrogens is 625 g/mol. The number of thiazole rings is 1. The average Bonchev–Trinajstić information content (AvgIpc) is 3.83. The number of aromatic nitrogens is 2. The molecular formula is C38H38N4O5S. The number of carbonyl (C=O) groups excluding carboxylic acids is 2. The molecule has 10 heteroatoms. The molecule has 7 rings (SSSR count). The number of methoxy groups -OCH3 is 1. The van der Waals surface area contributed by atoms with Gasteiger partial charge in [-0.1, -0.05) is 73.2 Å². The lowest BCUT2D eigenvalue weighted by Gasteiger charge is -2.28. The van der Waals surface area contributed by atoms with Crippen LogP contribution in [0, 0.1) is 0 Å². The Morgan fingerprint density at radius 1 is 1.00 bits per heavy atom. The van der Waals surface area contributed by atoms with Crippen LogP contribution in [0.2, 0.25) is 0 Å². The van der Waals surface area contributed by atoms with Crippen molar-refractivity contribution in [2.45, 2.75) is 52.1 Å². The Hall–Kier alpha value is -4.96. The number of para-hydroxylation sites is 1. The number of nitrogens with zero attached hydrogens (tertiary/aromatic N) is 4. The van der Waals surface area contributed by atoms with Crippen LogP contribution in [0.3, 0.4) is 0 Å². The van der Waals surface area contributed by atoms with E-state index >= 15 is 0 Å². The second-order valence-corrected chi connectivity index (χ2v) is 13.1. The van der Waals surface area contributed by atoms with Crippen molar-refractivity contribution in [2.24, 2.45) is 4.99 Å². The minimum atomic E-state index is -0.815. The molecule has 0 N–H and O–H groups in total. The number of esters is 1. The van der Waals surface area contributed by atoms with Crippen LogP contribution >= 0.6 is 11.3 Å². The maximum atomic E-state index is 14.6. The first kappa shape index (κ1) is 31.6. The van der Waals surface area contributed by atoms with Crippen LogP contribution in [0.4, 0.5) is 0 Å². The molecule has 2 aliphatic rings. The third-order valence-electron chi connectivity index (χ3n) is 9.19. The molecule has 2 aliphatic heterocycles. The number of rotatable bonds is 9. The topological polar surface area (TPSA) is 95.1 Å². The fourth-order valence-corrected chi connectivity index (χ4v) is 8.01. The van der Waals surface area contributed by atoms with Crippen molar-refractivity contribution in [3.63, 3.8) is 0 Å². The molecule has 0 bridgehead atoms. The second-order valence-electron chi connectivity index (χ2n) is 12.1. The van der Waals surface area contributed by atoms with Gasteiger partial charge in [-0.3, -0.25) is 14.2 Å². The van der Waals surface area contributed by atoms with Gasteiger partial charge in [0.15, 0.2) is 4.80 Å². The van der Waals surface area contributed by atoms with Crippen LogP contribution in [0.25, 0.3) is 27.8 Å². The number of fused-ring (bicyclic) bond motifs is 3. The lowest BCUT2D eigenvalue weighted by molar-refractivity contribution is -0.139. The number of hydrogen-bond acceptors (Lipinski definition) is 7. The predicted octanol–water partition coefficient (Wildman–Crippen LogP) is 5.32. The highest BCUT2D eigenvalue weighted by molar-refractivity contribution is 7.07. The number of ether oxygens (including phenoxy) is 2. The molecule has 1 fully saturated rings. The molecule has 48 heavy (non-hydrogen) atoms. The molecule has 0 saturated carbocycles. The zero-order valence-corrected chi connectivity index (χ0v) is 28.2. The highest BCUT2D eigenvalue weighted by Crippen LogP contribution is 2.41. The van der Waals surface area contributed by atoms with Crippen LogP contribution in [-0.4, -0.2) is 52.7 Å². The molecule has 9 nitrogen and oxygen atoms in total. The molecule has 0 unspecified atom stereocenters. The molecule has 4 heterocycles. The van der Waals surface area contributed by atoms with Gasteiger partial charge in [0, 0.05) is 41.3 Å². The Morgan fingerprint density at radius 3 is 2.50 bits per heavy atom. The Morgan fingerprint density at radius 2 is 1.75 bits per heavy atom. The van der Waals surface area contributed by atoms with Gasteiger partial charge in [0.05, 0.1) is 29.5 Å². The maximum Gasteiger partial charge on any atom is 0.338 e. The SMILES string of the molecule is CCCC1=C(C(=O)OCC)[C@@H](c2c(OC)ccc3ccccc23)n2c(s/c(=C/c3cn(CC(=O)N4CCCC4)c4ccccc34)c2=O)=N1. The summed E-state index contributed by atoms with van der Waals surface area (Å²) in [5.74, 6) is 0.168. The highest BCUT2D eigenvalue weighted by Gasteiger charge is 2.37. The van der Waals surface area contributed by atoms with Crippen molar-refractivity contribution in [1.82, 2.24) is 14.0 Å². The van der Waals surface area contributed by atoms with Gasteiger partial charge in [-0.25, -0.2) is 9.79 Å². The van der Waals surface area contributed by atoms with E-state index in [9.17, 15) is 14.4 Å². The smallest absolute Gasteiger partial charge is 0.338 e. The molecule has 0 radical (unpaired) electrons. The number of likely N-dealkylation sites (tertiary alicyclic amines) is 1. The van der Waals surface area contributed by atoms with Crippen LogP contribution in [0.15, 0.2) is 87.9 Å². The monoisotopic (exact) mass is 662 g/mol. The van der Waals surface area contributed by atoms with Crippen LogP contribution < -0.4 is 19.6 Å². The second kappa shape index (κ2) is 13.3. The molecule has 5 aromatic rings. The summed E-state index contributed by atoms with van der Waals surface area (Å²) in [5, 5.41) is 2.79. The lowest BCUT2D eigenvalue weighted by Crippen LogP contribution is -2.40. The van der Waals surface area contributed by atoms with E-state index < -0.39 is 12.0 Å². The van der Waals surface area contributed by atoms with Crippen LogP contribution in [-0.2, 0) is 20.9 Å². The summed E-state index contributed by atoms with van der Waals surface area (Å²) in [5.41, 5.74) is 3.18. The van der Waals surface area contributed by atoms with Crippen LogP contribution in [0.1, 0.15) is 56.7 Å². The van der Waals surface area contributed by atoms with E-state index in [2.05, 4.69) is 0 Å². The summed E-state index contributed by atoms with van der Waals surface area (Å²) in [6.45, 7) is 5.83. The largest absolute Gasteiger partial charge is 0.496 e. The summed E-state index contributed by atoms with van der Waals surface area (Å²) in [4.78, 5) is 48.9. The molecule has 3 aromatic carbocycles. The Kier molecular flexibility index (Phi) is 8.75. The fraction of sp³-hybridized carbons (Fsp3) is 0.316. The minimum Gasteiger partial charge on any atom is -0.496 e. The zero-order chi connectivity index (χ0) is 33.4. The lowest BCUT2D eigenvalue weighted by atomic mass is 9.90. The zero-order valence-electron chi connectivity index (χ0n) is 27.4. The summed E-state index contributed by atoms with van der Waals surface area (Å²) < 4.78 is 15.6. The van der Waals surface area contributed by atoms with Crippen molar-refractivity contribution in [2.75, 3.05) is 26.8 Å². The summed E-state index contributed by atoms with van der Waals surface area (Å²) in [6.07, 6.45) is 7.20. The van der Waals surface area contributed by atoms with E-state index in [4.69, 9.17) is 14.5 Å². The first-order chi connectivity index (χ1) is 23.4. The Bertz CT molecular complexity index is 2270. The molecule has 0 spiro atoms. The number of amides is 1. The molecule has 1 amide bonds. The number of benzene rings is 3. The van der Waals surface area contributed by atoms with Gasteiger partial charge in [-0.05, 0) is 55.2 Å². The summed E-state index contributed by atoms with van der Waals surface area (Å²) >= 11 is 1.30. The van der Waals surface area contributed by atoms with E-state index in [0.717, 1.165) is 59.6 Å².